The molecule has 25 heavy (non-hydrogen) atoms. The van der Waals surface area contributed by atoms with Crippen LogP contribution in [0.1, 0.15) is 23.0 Å². The topological polar surface area (TPSA) is 76.4 Å². The fourth-order valence-corrected chi connectivity index (χ4v) is 2.32. The van der Waals surface area contributed by atoms with Gasteiger partial charge in [-0.2, -0.15) is 0 Å². The van der Waals surface area contributed by atoms with Crippen LogP contribution in [0.3, 0.4) is 0 Å². The first-order valence-corrected chi connectivity index (χ1v) is 7.61. The van der Waals surface area contributed by atoms with Gasteiger partial charge < -0.3 is 28.1 Å². The van der Waals surface area contributed by atoms with E-state index in [1.807, 2.05) is 6.92 Å². The number of benzene rings is 1. The summed E-state index contributed by atoms with van der Waals surface area (Å²) < 4.78 is 31.4. The summed E-state index contributed by atoms with van der Waals surface area (Å²) in [7, 11) is 4.38. The summed E-state index contributed by atoms with van der Waals surface area (Å²) in [4.78, 5) is 12.4. The predicted octanol–water partition coefficient (Wildman–Crippen LogP) is 2.86. The van der Waals surface area contributed by atoms with Crippen LogP contribution in [0.4, 0.5) is 0 Å². The highest BCUT2D eigenvalue weighted by molar-refractivity contribution is 5.81. The van der Waals surface area contributed by atoms with Crippen molar-refractivity contribution in [1.29, 1.82) is 0 Å². The minimum atomic E-state index is -0.741. The number of hydrogen-bond donors (Lipinski definition) is 0. The van der Waals surface area contributed by atoms with Gasteiger partial charge in [0, 0.05) is 20.3 Å². The summed E-state index contributed by atoms with van der Waals surface area (Å²) in [5, 5.41) is 0. The highest BCUT2D eigenvalue weighted by Gasteiger charge is 2.28. The van der Waals surface area contributed by atoms with Gasteiger partial charge in [0.2, 0.25) is 0 Å². The van der Waals surface area contributed by atoms with Crippen molar-refractivity contribution >= 4 is 5.97 Å². The van der Waals surface area contributed by atoms with E-state index >= 15 is 0 Å². The lowest BCUT2D eigenvalue weighted by Gasteiger charge is -2.16. The van der Waals surface area contributed by atoms with E-state index in [1.165, 1.54) is 21.3 Å². The Bertz CT molecular complexity index is 666. The van der Waals surface area contributed by atoms with Crippen LogP contribution in [-0.4, -0.2) is 40.9 Å². The van der Waals surface area contributed by atoms with Gasteiger partial charge in [-0.15, -0.1) is 0 Å². The van der Waals surface area contributed by atoms with Crippen molar-refractivity contribution in [3.63, 3.8) is 0 Å². The molecule has 0 saturated carbocycles. The monoisotopic (exact) mass is 350 g/mol. The number of aryl methyl sites for hydroxylation is 1. The molecule has 0 aliphatic rings. The molecule has 7 heteroatoms. The lowest BCUT2D eigenvalue weighted by molar-refractivity contribution is -0.141. The van der Waals surface area contributed by atoms with Gasteiger partial charge in [-0.25, -0.2) is 0 Å². The van der Waals surface area contributed by atoms with Crippen LogP contribution in [0, 0.1) is 6.92 Å². The molecular formula is C18H22O7. The second-order valence-corrected chi connectivity index (χ2v) is 5.24. The molecule has 1 aromatic carbocycles. The first-order chi connectivity index (χ1) is 12.1. The lowest BCUT2D eigenvalue weighted by Crippen LogP contribution is -2.15. The predicted molar refractivity (Wildman–Crippen MR) is 88.8 cm³/mol. The van der Waals surface area contributed by atoms with Gasteiger partial charge in [0.05, 0.1) is 7.11 Å². The van der Waals surface area contributed by atoms with Crippen LogP contribution >= 0.6 is 0 Å². The number of methoxy groups -OCH3 is 3. The van der Waals surface area contributed by atoms with Gasteiger partial charge in [0.1, 0.15) is 28.9 Å². The molecule has 2 aromatic rings. The second-order valence-electron chi connectivity index (χ2n) is 5.24. The quantitative estimate of drug-likeness (QED) is 0.508. The Morgan fingerprint density at radius 3 is 2.04 bits per heavy atom. The molecule has 0 saturated heterocycles. The Morgan fingerprint density at radius 2 is 1.60 bits per heavy atom. The minimum absolute atomic E-state index is 0.0654. The summed E-state index contributed by atoms with van der Waals surface area (Å²) >= 11 is 0. The average molecular weight is 350 g/mol. The summed E-state index contributed by atoms with van der Waals surface area (Å²) in [5.41, 5.74) is 0.612. The normalized spacial score (nSPS) is 11.8. The Kier molecular flexibility index (Phi) is 6.85. The van der Waals surface area contributed by atoms with Crippen molar-refractivity contribution < 1.29 is 32.9 Å². The van der Waals surface area contributed by atoms with Crippen LogP contribution < -0.4 is 9.47 Å². The van der Waals surface area contributed by atoms with E-state index in [9.17, 15) is 4.79 Å². The Balaban J connectivity index is 2.44. The molecule has 0 spiro atoms. The van der Waals surface area contributed by atoms with Crippen molar-refractivity contribution in [1.82, 2.24) is 0 Å². The largest absolute Gasteiger partial charge is 0.468 e. The maximum Gasteiger partial charge on any atom is 0.320 e. The molecule has 0 aliphatic carbocycles. The van der Waals surface area contributed by atoms with Gasteiger partial charge in [-0.05, 0) is 36.8 Å². The number of esters is 1. The first kappa shape index (κ1) is 18.8. The molecule has 0 fully saturated rings. The number of furan rings is 1. The number of rotatable bonds is 9. The molecule has 136 valence electrons. The minimum Gasteiger partial charge on any atom is -0.468 e. The first-order valence-electron chi connectivity index (χ1n) is 7.61. The zero-order valence-electron chi connectivity index (χ0n) is 14.7. The molecule has 7 nitrogen and oxygen atoms in total. The highest BCUT2D eigenvalue weighted by Crippen LogP contribution is 2.33. The Labute approximate surface area is 146 Å². The molecule has 1 heterocycles. The van der Waals surface area contributed by atoms with E-state index in [-0.39, 0.29) is 13.6 Å². The standard InChI is InChI=1S/C18H22O7/c1-12-5-6-16(25-12)17(18(19)22-4)13-7-14(23-10-20-2)9-15(8-13)24-11-21-3/h5-9,17H,10-11H2,1-4H3. The van der Waals surface area contributed by atoms with E-state index < -0.39 is 11.9 Å². The number of hydrogen-bond acceptors (Lipinski definition) is 7. The smallest absolute Gasteiger partial charge is 0.320 e. The van der Waals surface area contributed by atoms with Crippen molar-refractivity contribution in [2.45, 2.75) is 12.8 Å². The van der Waals surface area contributed by atoms with Crippen molar-refractivity contribution in [3.05, 3.63) is 47.4 Å². The number of ether oxygens (including phenoxy) is 5. The van der Waals surface area contributed by atoms with E-state index in [2.05, 4.69) is 0 Å². The molecule has 0 bridgehead atoms. The summed E-state index contributed by atoms with van der Waals surface area (Å²) in [5.74, 6) is 0.966. The molecule has 0 amide bonds. The van der Waals surface area contributed by atoms with Crippen LogP contribution in [0.25, 0.3) is 0 Å². The summed E-state index contributed by atoms with van der Waals surface area (Å²) in [6, 6.07) is 8.66. The lowest BCUT2D eigenvalue weighted by atomic mass is 9.96. The van der Waals surface area contributed by atoms with Gasteiger partial charge in [-0.3, -0.25) is 4.79 Å². The third kappa shape index (κ3) is 4.98. The highest BCUT2D eigenvalue weighted by atomic mass is 16.7. The third-order valence-electron chi connectivity index (χ3n) is 3.41. The molecule has 1 atom stereocenters. The molecule has 0 radical (unpaired) electrons. The zero-order valence-corrected chi connectivity index (χ0v) is 14.7. The van der Waals surface area contributed by atoms with E-state index in [1.54, 1.807) is 30.3 Å². The Morgan fingerprint density at radius 1 is 1.00 bits per heavy atom. The third-order valence-corrected chi connectivity index (χ3v) is 3.41. The molecule has 0 N–H and O–H groups in total. The van der Waals surface area contributed by atoms with E-state index in [4.69, 9.17) is 28.1 Å². The maximum atomic E-state index is 12.4. The van der Waals surface area contributed by atoms with Crippen LogP contribution in [-0.2, 0) is 19.0 Å². The van der Waals surface area contributed by atoms with Crippen LogP contribution in [0.5, 0.6) is 11.5 Å². The SMILES string of the molecule is COCOc1cc(OCOC)cc(C(C(=O)OC)c2ccc(C)o2)c1. The van der Waals surface area contributed by atoms with Crippen molar-refractivity contribution in [2.24, 2.45) is 0 Å². The summed E-state index contributed by atoms with van der Waals surface area (Å²) in [6.45, 7) is 1.94. The average Bonchev–Trinajstić information content (AvgIpc) is 3.04. The van der Waals surface area contributed by atoms with Crippen LogP contribution in [0.2, 0.25) is 0 Å². The molecule has 2 rings (SSSR count). The number of carbonyl (C=O) groups is 1. The van der Waals surface area contributed by atoms with Crippen molar-refractivity contribution in [2.75, 3.05) is 34.9 Å². The van der Waals surface area contributed by atoms with E-state index in [0.29, 0.717) is 28.6 Å². The molecule has 1 unspecified atom stereocenters. The fourth-order valence-electron chi connectivity index (χ4n) is 2.32. The summed E-state index contributed by atoms with van der Waals surface area (Å²) in [6.07, 6.45) is 0. The molecule has 0 aliphatic heterocycles. The number of carbonyl (C=O) groups excluding carboxylic acids is 1. The Hall–Kier alpha value is -2.51. The second kappa shape index (κ2) is 9.10. The zero-order chi connectivity index (χ0) is 18.2. The molecular weight excluding hydrogens is 328 g/mol. The van der Waals surface area contributed by atoms with Gasteiger partial charge in [-0.1, -0.05) is 0 Å². The van der Waals surface area contributed by atoms with Gasteiger partial charge >= 0.3 is 5.97 Å². The van der Waals surface area contributed by atoms with Crippen LogP contribution in [0.15, 0.2) is 34.7 Å². The van der Waals surface area contributed by atoms with Gasteiger partial charge in [0.25, 0.3) is 0 Å². The van der Waals surface area contributed by atoms with E-state index in [0.717, 1.165) is 0 Å². The maximum absolute atomic E-state index is 12.4. The van der Waals surface area contributed by atoms with Crippen molar-refractivity contribution in [3.8, 4) is 11.5 Å². The molecule has 1 aromatic heterocycles. The fraction of sp³-hybridized carbons (Fsp3) is 0.389. The van der Waals surface area contributed by atoms with Gasteiger partial charge in [0.15, 0.2) is 13.6 Å².